The van der Waals surface area contributed by atoms with E-state index in [0.29, 0.717) is 19.0 Å². The van der Waals surface area contributed by atoms with Crippen LogP contribution < -0.4 is 0 Å². The van der Waals surface area contributed by atoms with E-state index in [1.165, 1.54) is 16.7 Å². The highest BCUT2D eigenvalue weighted by Gasteiger charge is 2.24. The van der Waals surface area contributed by atoms with Crippen LogP contribution in [0.5, 0.6) is 0 Å². The van der Waals surface area contributed by atoms with Crippen LogP contribution in [0.15, 0.2) is 17.3 Å². The Hall–Kier alpha value is -0.720. The van der Waals surface area contributed by atoms with Gasteiger partial charge in [0.15, 0.2) is 0 Å². The monoisotopic (exact) mass is 291 g/mol. The van der Waals surface area contributed by atoms with E-state index in [1.54, 1.807) is 0 Å². The van der Waals surface area contributed by atoms with E-state index in [2.05, 4.69) is 9.97 Å². The van der Waals surface area contributed by atoms with Crippen LogP contribution >= 0.6 is 11.6 Å². The largest absolute Gasteiger partial charge is 0.246 e. The molecule has 1 unspecified atom stereocenters. The summed E-state index contributed by atoms with van der Waals surface area (Å²) in [6.45, 7) is 6.80. The normalized spacial score (nSPS) is 13.8. The molecule has 0 spiro atoms. The zero-order valence-corrected chi connectivity index (χ0v) is 12.4. The molecule has 18 heavy (non-hydrogen) atoms. The standard InChI is InChI=1S/C11H18ClN3O2S/c1-4-9(3)8-15(5-2)18(16,17)10-6-13-11(12)14-7-10/h6-7,9H,4-5,8H2,1-3H3. The molecule has 1 aromatic rings. The first-order valence-electron chi connectivity index (χ1n) is 5.89. The van der Waals surface area contributed by atoms with Gasteiger partial charge in [-0.05, 0) is 17.5 Å². The number of sulfonamides is 1. The molecule has 0 aromatic carbocycles. The Morgan fingerprint density at radius 2 is 1.89 bits per heavy atom. The second kappa shape index (κ2) is 6.45. The van der Waals surface area contributed by atoms with Crippen molar-refractivity contribution < 1.29 is 8.42 Å². The Kier molecular flexibility index (Phi) is 5.49. The first-order chi connectivity index (χ1) is 8.41. The average molecular weight is 292 g/mol. The first-order valence-corrected chi connectivity index (χ1v) is 7.71. The molecule has 0 saturated carbocycles. The van der Waals surface area contributed by atoms with Crippen molar-refractivity contribution in [2.75, 3.05) is 13.1 Å². The minimum atomic E-state index is -3.52. The summed E-state index contributed by atoms with van der Waals surface area (Å²) < 4.78 is 26.1. The van der Waals surface area contributed by atoms with Crippen LogP contribution in [0.2, 0.25) is 5.28 Å². The van der Waals surface area contributed by atoms with Gasteiger partial charge in [0.1, 0.15) is 4.90 Å². The van der Waals surface area contributed by atoms with E-state index >= 15 is 0 Å². The lowest BCUT2D eigenvalue weighted by Gasteiger charge is -2.23. The third kappa shape index (κ3) is 3.63. The van der Waals surface area contributed by atoms with Crippen LogP contribution in [-0.4, -0.2) is 35.8 Å². The van der Waals surface area contributed by atoms with E-state index in [4.69, 9.17) is 11.6 Å². The van der Waals surface area contributed by atoms with Crippen molar-refractivity contribution in [2.24, 2.45) is 5.92 Å². The lowest BCUT2D eigenvalue weighted by Crippen LogP contribution is -2.34. The summed E-state index contributed by atoms with van der Waals surface area (Å²) in [6.07, 6.45) is 3.41. The van der Waals surface area contributed by atoms with Crippen LogP contribution in [0, 0.1) is 5.92 Å². The Morgan fingerprint density at radius 1 is 1.33 bits per heavy atom. The molecular formula is C11H18ClN3O2S. The van der Waals surface area contributed by atoms with E-state index in [1.807, 2.05) is 20.8 Å². The maximum Gasteiger partial charge on any atom is 0.246 e. The van der Waals surface area contributed by atoms with Crippen LogP contribution in [-0.2, 0) is 10.0 Å². The van der Waals surface area contributed by atoms with E-state index < -0.39 is 10.0 Å². The van der Waals surface area contributed by atoms with E-state index in [0.717, 1.165) is 6.42 Å². The summed E-state index contributed by atoms with van der Waals surface area (Å²) in [4.78, 5) is 7.50. The van der Waals surface area contributed by atoms with Gasteiger partial charge >= 0.3 is 0 Å². The Morgan fingerprint density at radius 3 is 2.33 bits per heavy atom. The molecule has 1 aromatic heterocycles. The summed E-state index contributed by atoms with van der Waals surface area (Å²) >= 11 is 5.55. The van der Waals surface area contributed by atoms with Crippen LogP contribution in [0.25, 0.3) is 0 Å². The molecule has 0 aliphatic heterocycles. The molecule has 7 heteroatoms. The molecule has 0 aliphatic carbocycles. The van der Waals surface area contributed by atoms with Gasteiger partial charge < -0.3 is 0 Å². The maximum absolute atomic E-state index is 12.3. The molecule has 102 valence electrons. The Bertz CT molecular complexity index is 476. The molecule has 0 fully saturated rings. The van der Waals surface area contributed by atoms with Crippen molar-refractivity contribution in [1.29, 1.82) is 0 Å². The lowest BCUT2D eigenvalue weighted by atomic mass is 10.1. The number of nitrogens with zero attached hydrogens (tertiary/aromatic N) is 3. The highest BCUT2D eigenvalue weighted by atomic mass is 35.5. The minimum Gasteiger partial charge on any atom is -0.225 e. The van der Waals surface area contributed by atoms with Crippen molar-refractivity contribution >= 4 is 21.6 Å². The molecule has 5 nitrogen and oxygen atoms in total. The smallest absolute Gasteiger partial charge is 0.225 e. The first kappa shape index (κ1) is 15.3. The zero-order valence-electron chi connectivity index (χ0n) is 10.8. The molecule has 1 heterocycles. The molecular weight excluding hydrogens is 274 g/mol. The second-order valence-corrected chi connectivity index (χ2v) is 6.43. The van der Waals surface area contributed by atoms with Crippen LogP contribution in [0.3, 0.4) is 0 Å². The van der Waals surface area contributed by atoms with E-state index in [9.17, 15) is 8.42 Å². The molecule has 0 aliphatic rings. The van der Waals surface area contributed by atoms with Gasteiger partial charge in [-0.3, -0.25) is 0 Å². The lowest BCUT2D eigenvalue weighted by molar-refractivity contribution is 0.361. The van der Waals surface area contributed by atoms with Crippen molar-refractivity contribution in [1.82, 2.24) is 14.3 Å². The van der Waals surface area contributed by atoms with Gasteiger partial charge in [0.25, 0.3) is 0 Å². The summed E-state index contributed by atoms with van der Waals surface area (Å²) in [6, 6.07) is 0. The zero-order chi connectivity index (χ0) is 13.8. The molecule has 1 atom stereocenters. The summed E-state index contributed by atoms with van der Waals surface area (Å²) in [5.41, 5.74) is 0. The van der Waals surface area contributed by atoms with Gasteiger partial charge in [0, 0.05) is 13.1 Å². The van der Waals surface area contributed by atoms with Crippen LogP contribution in [0.4, 0.5) is 0 Å². The second-order valence-electron chi connectivity index (χ2n) is 4.16. The fourth-order valence-electron chi connectivity index (χ4n) is 1.46. The predicted molar refractivity (Wildman–Crippen MR) is 70.9 cm³/mol. The Labute approximate surface area is 113 Å². The summed E-state index contributed by atoms with van der Waals surface area (Å²) in [5.74, 6) is 0.313. The summed E-state index contributed by atoms with van der Waals surface area (Å²) in [5, 5.41) is 0.0407. The fraction of sp³-hybridized carbons (Fsp3) is 0.636. The third-order valence-electron chi connectivity index (χ3n) is 2.80. The number of halogens is 1. The molecule has 0 saturated heterocycles. The van der Waals surface area contributed by atoms with E-state index in [-0.39, 0.29) is 10.2 Å². The topological polar surface area (TPSA) is 63.2 Å². The van der Waals surface area contributed by atoms with Crippen molar-refractivity contribution in [3.63, 3.8) is 0 Å². The molecule has 0 bridgehead atoms. The highest BCUT2D eigenvalue weighted by Crippen LogP contribution is 2.17. The average Bonchev–Trinajstić information content (AvgIpc) is 2.35. The molecule has 0 radical (unpaired) electrons. The van der Waals surface area contributed by atoms with Gasteiger partial charge in [0.05, 0.1) is 12.4 Å². The number of rotatable bonds is 6. The predicted octanol–water partition coefficient (Wildman–Crippen LogP) is 2.19. The van der Waals surface area contributed by atoms with Crippen LogP contribution in [0.1, 0.15) is 27.2 Å². The summed E-state index contributed by atoms with van der Waals surface area (Å²) in [7, 11) is -3.52. The number of aromatic nitrogens is 2. The third-order valence-corrected chi connectivity index (χ3v) is 4.89. The van der Waals surface area contributed by atoms with Gasteiger partial charge in [0.2, 0.25) is 15.3 Å². The highest BCUT2D eigenvalue weighted by molar-refractivity contribution is 7.89. The van der Waals surface area contributed by atoms with Crippen molar-refractivity contribution in [3.8, 4) is 0 Å². The quantitative estimate of drug-likeness (QED) is 0.754. The van der Waals surface area contributed by atoms with Gasteiger partial charge in [-0.15, -0.1) is 0 Å². The maximum atomic E-state index is 12.3. The molecule has 0 amide bonds. The van der Waals surface area contributed by atoms with Gasteiger partial charge in [-0.2, -0.15) is 4.31 Å². The van der Waals surface area contributed by atoms with Gasteiger partial charge in [-0.25, -0.2) is 18.4 Å². The SMILES string of the molecule is CCC(C)CN(CC)S(=O)(=O)c1cnc(Cl)nc1. The molecule has 0 N–H and O–H groups in total. The van der Waals surface area contributed by atoms with Crippen molar-refractivity contribution in [2.45, 2.75) is 32.1 Å². The number of hydrogen-bond donors (Lipinski definition) is 0. The van der Waals surface area contributed by atoms with Crippen molar-refractivity contribution in [3.05, 3.63) is 17.7 Å². The Balaban J connectivity index is 2.99. The number of hydrogen-bond acceptors (Lipinski definition) is 4. The fourth-order valence-corrected chi connectivity index (χ4v) is 3.01. The minimum absolute atomic E-state index is 0.0407. The molecule has 1 rings (SSSR count). The van der Waals surface area contributed by atoms with Gasteiger partial charge in [-0.1, -0.05) is 27.2 Å².